The molecule has 1 atom stereocenters. The van der Waals surface area contributed by atoms with Crippen molar-refractivity contribution in [2.75, 3.05) is 11.9 Å². The first-order valence-electron chi connectivity index (χ1n) is 7.92. The Morgan fingerprint density at radius 1 is 1.38 bits per heavy atom. The number of nitrogens with one attached hydrogen (secondary N) is 2. The van der Waals surface area contributed by atoms with E-state index in [1.165, 1.54) is 18.3 Å². The number of amides is 2. The largest absolute Gasteiger partial charge is 0.351 e. The number of carbonyl (C=O) groups excluding carboxylic acids is 2. The van der Waals surface area contributed by atoms with Crippen molar-refractivity contribution < 1.29 is 14.0 Å². The van der Waals surface area contributed by atoms with Crippen LogP contribution >= 0.6 is 0 Å². The summed E-state index contributed by atoms with van der Waals surface area (Å²) in [6, 6.07) is 8.55. The van der Waals surface area contributed by atoms with E-state index in [4.69, 9.17) is 0 Å². The fourth-order valence-electron chi connectivity index (χ4n) is 2.85. The van der Waals surface area contributed by atoms with E-state index in [1.807, 2.05) is 18.2 Å². The van der Waals surface area contributed by atoms with Crippen molar-refractivity contribution >= 4 is 17.5 Å². The second kappa shape index (κ2) is 6.78. The van der Waals surface area contributed by atoms with Gasteiger partial charge in [-0.15, -0.1) is 0 Å². The van der Waals surface area contributed by atoms with Crippen LogP contribution in [-0.2, 0) is 11.2 Å². The molecule has 5 nitrogen and oxygen atoms in total. The van der Waals surface area contributed by atoms with E-state index in [1.54, 1.807) is 0 Å². The molecule has 2 aromatic rings. The van der Waals surface area contributed by atoms with Gasteiger partial charge in [0.15, 0.2) is 11.5 Å². The predicted molar refractivity (Wildman–Crippen MR) is 88.3 cm³/mol. The van der Waals surface area contributed by atoms with Crippen LogP contribution in [0.1, 0.15) is 40.9 Å². The number of fused-ring (bicyclic) bond motifs is 1. The van der Waals surface area contributed by atoms with Crippen LogP contribution in [0.3, 0.4) is 0 Å². The monoisotopic (exact) mass is 327 g/mol. The second-order valence-electron chi connectivity index (χ2n) is 5.70. The van der Waals surface area contributed by atoms with Crippen LogP contribution in [0.15, 0.2) is 36.5 Å². The van der Waals surface area contributed by atoms with Crippen molar-refractivity contribution in [3.05, 3.63) is 59.2 Å². The average Bonchev–Trinajstić information content (AvgIpc) is 2.90. The molecule has 0 bridgehead atoms. The number of nitrogens with zero attached hydrogens (tertiary/aromatic N) is 1. The molecule has 0 saturated carbocycles. The molecule has 2 amide bonds. The van der Waals surface area contributed by atoms with Crippen molar-refractivity contribution in [3.63, 3.8) is 0 Å². The molecule has 1 unspecified atom stereocenters. The first-order valence-corrected chi connectivity index (χ1v) is 7.92. The first kappa shape index (κ1) is 16.1. The van der Waals surface area contributed by atoms with Gasteiger partial charge in [-0.2, -0.15) is 0 Å². The van der Waals surface area contributed by atoms with E-state index < -0.39 is 11.7 Å². The molecule has 0 aliphatic carbocycles. The van der Waals surface area contributed by atoms with Crippen LogP contribution in [0.25, 0.3) is 0 Å². The molecule has 1 aliphatic rings. The summed E-state index contributed by atoms with van der Waals surface area (Å²) >= 11 is 0. The fourth-order valence-corrected chi connectivity index (χ4v) is 2.85. The van der Waals surface area contributed by atoms with Gasteiger partial charge in [0.2, 0.25) is 5.91 Å². The third-order valence-corrected chi connectivity index (χ3v) is 4.17. The number of aryl methyl sites for hydroxylation is 1. The highest BCUT2D eigenvalue weighted by molar-refractivity contribution is 6.03. The molecule has 124 valence electrons. The van der Waals surface area contributed by atoms with E-state index in [2.05, 4.69) is 22.5 Å². The van der Waals surface area contributed by atoms with Crippen LogP contribution in [-0.4, -0.2) is 23.3 Å². The smallest absolute Gasteiger partial charge is 0.272 e. The number of hydrogen-bond acceptors (Lipinski definition) is 3. The van der Waals surface area contributed by atoms with Crippen molar-refractivity contribution in [1.82, 2.24) is 10.3 Å². The summed E-state index contributed by atoms with van der Waals surface area (Å²) in [7, 11) is 0. The molecule has 1 aliphatic heterocycles. The molecule has 0 fully saturated rings. The Hall–Kier alpha value is -2.76. The SMILES string of the molecule is CCc1ccc2c(c1)C(CCNC(=O)c1ncccc1F)C(=O)N2. The van der Waals surface area contributed by atoms with Gasteiger partial charge >= 0.3 is 0 Å². The van der Waals surface area contributed by atoms with Crippen molar-refractivity contribution in [1.29, 1.82) is 0 Å². The van der Waals surface area contributed by atoms with Crippen molar-refractivity contribution in [2.24, 2.45) is 0 Å². The molecule has 2 N–H and O–H groups in total. The molecule has 0 radical (unpaired) electrons. The topological polar surface area (TPSA) is 71.1 Å². The number of benzene rings is 1. The molecule has 0 spiro atoms. The predicted octanol–water partition coefficient (Wildman–Crippen LogP) is 2.64. The number of pyridine rings is 1. The Bertz CT molecular complexity index is 792. The summed E-state index contributed by atoms with van der Waals surface area (Å²) in [4.78, 5) is 27.8. The molecule has 24 heavy (non-hydrogen) atoms. The molecule has 6 heteroatoms. The minimum atomic E-state index is -0.661. The minimum absolute atomic E-state index is 0.0727. The number of anilines is 1. The minimum Gasteiger partial charge on any atom is -0.351 e. The van der Waals surface area contributed by atoms with E-state index >= 15 is 0 Å². The summed E-state index contributed by atoms with van der Waals surface area (Å²) in [5.41, 5.74) is 2.71. The summed E-state index contributed by atoms with van der Waals surface area (Å²) in [6.45, 7) is 2.32. The lowest BCUT2D eigenvalue weighted by atomic mass is 9.95. The molecule has 3 rings (SSSR count). The Labute approximate surface area is 139 Å². The maximum Gasteiger partial charge on any atom is 0.272 e. The van der Waals surface area contributed by atoms with Gasteiger partial charge in [-0.25, -0.2) is 9.37 Å². The third-order valence-electron chi connectivity index (χ3n) is 4.17. The molecular formula is C18H18FN3O2. The zero-order chi connectivity index (χ0) is 17.1. The lowest BCUT2D eigenvalue weighted by Gasteiger charge is -2.11. The molecule has 0 saturated heterocycles. The Morgan fingerprint density at radius 2 is 2.21 bits per heavy atom. The standard InChI is InChI=1S/C18H18FN3O2/c1-2-11-5-6-15-13(10-11)12(17(23)22-15)7-9-21-18(24)16-14(19)4-3-8-20-16/h3-6,8,10,12H,2,7,9H2,1H3,(H,21,24)(H,22,23). The van der Waals surface area contributed by atoms with Crippen molar-refractivity contribution in [2.45, 2.75) is 25.7 Å². The van der Waals surface area contributed by atoms with Crippen LogP contribution in [0, 0.1) is 5.82 Å². The van der Waals surface area contributed by atoms with Gasteiger partial charge in [-0.1, -0.05) is 19.1 Å². The highest BCUT2D eigenvalue weighted by Crippen LogP contribution is 2.35. The summed E-state index contributed by atoms with van der Waals surface area (Å²) < 4.78 is 13.5. The number of aromatic nitrogens is 1. The molecular weight excluding hydrogens is 309 g/mol. The summed E-state index contributed by atoms with van der Waals surface area (Å²) in [6.07, 6.45) is 2.71. The second-order valence-corrected chi connectivity index (χ2v) is 5.70. The zero-order valence-corrected chi connectivity index (χ0v) is 13.3. The number of hydrogen-bond donors (Lipinski definition) is 2. The highest BCUT2D eigenvalue weighted by Gasteiger charge is 2.30. The summed E-state index contributed by atoms with van der Waals surface area (Å²) in [5, 5.41) is 5.48. The Morgan fingerprint density at radius 3 is 2.96 bits per heavy atom. The Kier molecular flexibility index (Phi) is 4.55. The van der Waals surface area contributed by atoms with Crippen LogP contribution in [0.2, 0.25) is 0 Å². The fraction of sp³-hybridized carbons (Fsp3) is 0.278. The van der Waals surface area contributed by atoms with Crippen LogP contribution < -0.4 is 10.6 Å². The third kappa shape index (κ3) is 3.13. The maximum absolute atomic E-state index is 13.5. The van der Waals surface area contributed by atoms with E-state index in [-0.39, 0.29) is 24.1 Å². The molecule has 1 aromatic carbocycles. The van der Waals surface area contributed by atoms with Crippen molar-refractivity contribution in [3.8, 4) is 0 Å². The maximum atomic E-state index is 13.5. The van der Waals surface area contributed by atoms with Gasteiger partial charge in [-0.05, 0) is 42.2 Å². The zero-order valence-electron chi connectivity index (χ0n) is 13.3. The lowest BCUT2D eigenvalue weighted by Crippen LogP contribution is -2.28. The van der Waals surface area contributed by atoms with Gasteiger partial charge < -0.3 is 10.6 Å². The van der Waals surface area contributed by atoms with E-state index in [9.17, 15) is 14.0 Å². The van der Waals surface area contributed by atoms with Gasteiger partial charge in [-0.3, -0.25) is 9.59 Å². The average molecular weight is 327 g/mol. The number of carbonyl (C=O) groups is 2. The normalized spacial score (nSPS) is 15.8. The van der Waals surface area contributed by atoms with E-state index in [0.29, 0.717) is 6.42 Å². The first-order chi connectivity index (χ1) is 11.6. The molecule has 2 heterocycles. The lowest BCUT2D eigenvalue weighted by molar-refractivity contribution is -0.117. The van der Waals surface area contributed by atoms with Gasteiger partial charge in [0.25, 0.3) is 5.91 Å². The van der Waals surface area contributed by atoms with Crippen LogP contribution in [0.4, 0.5) is 10.1 Å². The number of halogens is 1. The Balaban J connectivity index is 1.65. The summed E-state index contributed by atoms with van der Waals surface area (Å²) in [5.74, 6) is -1.61. The quantitative estimate of drug-likeness (QED) is 0.887. The van der Waals surface area contributed by atoms with Gasteiger partial charge in [0.05, 0.1) is 5.92 Å². The number of rotatable bonds is 5. The van der Waals surface area contributed by atoms with Gasteiger partial charge in [0.1, 0.15) is 0 Å². The highest BCUT2D eigenvalue weighted by atomic mass is 19.1. The van der Waals surface area contributed by atoms with Gasteiger partial charge in [0, 0.05) is 18.4 Å². The van der Waals surface area contributed by atoms with E-state index in [0.717, 1.165) is 23.2 Å². The van der Waals surface area contributed by atoms with Crippen LogP contribution in [0.5, 0.6) is 0 Å². The molecule has 1 aromatic heterocycles.